The van der Waals surface area contributed by atoms with Crippen LogP contribution in [0.25, 0.3) is 0 Å². The number of hydrogen-bond donors (Lipinski definition) is 0. The Bertz CT molecular complexity index is 1960. The van der Waals surface area contributed by atoms with Crippen molar-refractivity contribution in [3.63, 3.8) is 0 Å². The fourth-order valence-corrected chi connectivity index (χ4v) is 6.30. The first-order chi connectivity index (χ1) is 28.0. The Morgan fingerprint density at radius 3 is 1.38 bits per heavy atom. The van der Waals surface area contributed by atoms with Gasteiger partial charge in [0.15, 0.2) is 12.2 Å². The summed E-state index contributed by atoms with van der Waals surface area (Å²) in [4.78, 5) is 43.3. The number of nitrogens with zero attached hydrogens (tertiary/aromatic N) is 4. The van der Waals surface area contributed by atoms with Crippen LogP contribution in [0.4, 0.5) is 22.7 Å². The van der Waals surface area contributed by atoms with Crippen molar-refractivity contribution in [3.8, 4) is 23.0 Å². The van der Waals surface area contributed by atoms with Gasteiger partial charge in [-0.3, -0.25) is 40.5 Å². The molecule has 5 rings (SSSR count). The second kappa shape index (κ2) is 20.7. The second-order valence-electron chi connectivity index (χ2n) is 13.5. The summed E-state index contributed by atoms with van der Waals surface area (Å²) in [6.45, 7) is 1.79. The van der Waals surface area contributed by atoms with Gasteiger partial charge >= 0.3 is 0 Å². The van der Waals surface area contributed by atoms with Gasteiger partial charge in [-0.2, -0.15) is 0 Å². The molecule has 1 aliphatic rings. The van der Waals surface area contributed by atoms with Crippen molar-refractivity contribution in [2.45, 2.75) is 82.4 Å². The summed E-state index contributed by atoms with van der Waals surface area (Å²) >= 11 is 0. The molecular formula is C40H44N4O14. The molecule has 0 aromatic heterocycles. The summed E-state index contributed by atoms with van der Waals surface area (Å²) in [7, 11) is 0. The highest BCUT2D eigenvalue weighted by molar-refractivity contribution is 5.39. The molecule has 4 atom stereocenters. The lowest BCUT2D eigenvalue weighted by Gasteiger charge is -2.35. The van der Waals surface area contributed by atoms with Crippen LogP contribution in [0.5, 0.6) is 23.0 Å². The van der Waals surface area contributed by atoms with Crippen molar-refractivity contribution in [1.29, 1.82) is 0 Å². The Morgan fingerprint density at radius 1 is 0.534 bits per heavy atom. The van der Waals surface area contributed by atoms with E-state index < -0.39 is 43.8 Å². The molecule has 0 amide bonds. The van der Waals surface area contributed by atoms with Crippen LogP contribution < -0.4 is 18.9 Å². The van der Waals surface area contributed by atoms with Crippen molar-refractivity contribution < 1.29 is 48.1 Å². The smallest absolute Gasteiger partial charge is 0.269 e. The molecule has 58 heavy (non-hydrogen) atoms. The molecule has 0 unspecified atom stereocenters. The number of rotatable bonds is 24. The van der Waals surface area contributed by atoms with E-state index in [1.54, 1.807) is 0 Å². The minimum absolute atomic E-state index is 0.142. The molecule has 0 spiro atoms. The predicted molar refractivity (Wildman–Crippen MR) is 208 cm³/mol. The topological polar surface area (TPSA) is 228 Å². The number of nitro groups is 4. The number of nitro benzene ring substituents is 4. The lowest BCUT2D eigenvalue weighted by molar-refractivity contribution is -0.385. The van der Waals surface area contributed by atoms with Crippen molar-refractivity contribution >= 4 is 22.7 Å². The first-order valence-electron chi connectivity index (χ1n) is 18.9. The lowest BCUT2D eigenvalue weighted by Crippen LogP contribution is -2.54. The number of non-ortho nitro benzene ring substituents is 4. The average molecular weight is 805 g/mol. The van der Waals surface area contributed by atoms with Gasteiger partial charge in [-0.1, -0.05) is 51.9 Å². The van der Waals surface area contributed by atoms with E-state index in [9.17, 15) is 40.5 Å². The Hall–Kier alpha value is -6.40. The molecule has 0 N–H and O–H groups in total. The zero-order valence-electron chi connectivity index (χ0n) is 31.8. The van der Waals surface area contributed by atoms with E-state index in [2.05, 4.69) is 6.92 Å². The first-order valence-corrected chi connectivity index (χ1v) is 18.9. The standard InChI is InChI=1S/C40H44N4O14/c1-2-3-4-5-6-7-8-9-26-55-40(28-54-34-20-12-30(13-21-34)42(47)48)39(57-36-24-16-32(17-25-36)44(51)52)38(56-35-22-14-31(15-23-35)43(49)50)37(58-40)27-53-33-18-10-29(11-19-33)41(45)46/h10-25,37-39H,2-9,26-28H2,1H3/t37-,38-,39+,40-/m1/s1. The van der Waals surface area contributed by atoms with Gasteiger partial charge < -0.3 is 28.4 Å². The van der Waals surface area contributed by atoms with Crippen LogP contribution in [0.3, 0.4) is 0 Å². The van der Waals surface area contributed by atoms with E-state index in [4.69, 9.17) is 28.4 Å². The first kappa shape index (κ1) is 42.7. The molecule has 18 heteroatoms. The maximum absolute atomic E-state index is 11.5. The average Bonchev–Trinajstić information content (AvgIpc) is 3.50. The van der Waals surface area contributed by atoms with Crippen LogP contribution in [-0.4, -0.2) is 63.6 Å². The van der Waals surface area contributed by atoms with Gasteiger partial charge in [-0.25, -0.2) is 0 Å². The van der Waals surface area contributed by atoms with Crippen LogP contribution >= 0.6 is 0 Å². The van der Waals surface area contributed by atoms with Gasteiger partial charge in [0.1, 0.15) is 42.3 Å². The molecule has 18 nitrogen and oxygen atoms in total. The third-order valence-electron chi connectivity index (χ3n) is 9.37. The van der Waals surface area contributed by atoms with Crippen molar-refractivity contribution in [3.05, 3.63) is 138 Å². The molecule has 0 radical (unpaired) electrons. The van der Waals surface area contributed by atoms with E-state index in [0.717, 1.165) is 32.1 Å². The zero-order chi connectivity index (χ0) is 41.5. The van der Waals surface area contributed by atoms with Crippen LogP contribution in [0.1, 0.15) is 58.3 Å². The van der Waals surface area contributed by atoms with Crippen LogP contribution in [0.15, 0.2) is 97.1 Å². The molecule has 1 fully saturated rings. The quantitative estimate of drug-likeness (QED) is 0.0366. The molecule has 0 bridgehead atoms. The molecule has 0 saturated carbocycles. The highest BCUT2D eigenvalue weighted by atomic mass is 16.8. The van der Waals surface area contributed by atoms with E-state index in [1.807, 2.05) is 0 Å². The number of unbranched alkanes of at least 4 members (excludes halogenated alkanes) is 7. The van der Waals surface area contributed by atoms with Crippen molar-refractivity contribution in [1.82, 2.24) is 0 Å². The highest BCUT2D eigenvalue weighted by Crippen LogP contribution is 2.40. The minimum Gasteiger partial charge on any atom is -0.491 e. The molecule has 1 heterocycles. The molecular weight excluding hydrogens is 760 g/mol. The van der Waals surface area contributed by atoms with Gasteiger partial charge in [-0.05, 0) is 55.0 Å². The van der Waals surface area contributed by atoms with Gasteiger partial charge in [0.2, 0.25) is 5.79 Å². The summed E-state index contributed by atoms with van der Waals surface area (Å²) < 4.78 is 38.7. The second-order valence-corrected chi connectivity index (χ2v) is 13.5. The largest absolute Gasteiger partial charge is 0.491 e. The van der Waals surface area contributed by atoms with Crippen LogP contribution in [0.2, 0.25) is 0 Å². The summed E-state index contributed by atoms with van der Waals surface area (Å²) in [6, 6.07) is 21.5. The molecule has 0 aliphatic carbocycles. The molecule has 1 aliphatic heterocycles. The monoisotopic (exact) mass is 804 g/mol. The van der Waals surface area contributed by atoms with Gasteiger partial charge in [0.25, 0.3) is 22.7 Å². The maximum Gasteiger partial charge on any atom is 0.269 e. The minimum atomic E-state index is -1.78. The third kappa shape index (κ3) is 11.8. The van der Waals surface area contributed by atoms with Crippen molar-refractivity contribution in [2.75, 3.05) is 19.8 Å². The number of benzene rings is 4. The SMILES string of the molecule is CCCCCCCCCCO[C@]1(COc2ccc([N+](=O)[O-])cc2)O[C@H](COc2ccc([N+](=O)[O-])cc2)[C@@H](Oc2ccc([N+](=O)[O-])cc2)[C@@H]1Oc1ccc([N+](=O)[O-])cc1. The van der Waals surface area contributed by atoms with E-state index >= 15 is 0 Å². The van der Waals surface area contributed by atoms with Crippen LogP contribution in [0, 0.1) is 40.5 Å². The van der Waals surface area contributed by atoms with Crippen LogP contribution in [-0.2, 0) is 9.47 Å². The maximum atomic E-state index is 11.5. The third-order valence-corrected chi connectivity index (χ3v) is 9.37. The summed E-state index contributed by atoms with van der Waals surface area (Å²) in [6.07, 6.45) is 4.86. The molecule has 4 aromatic carbocycles. The summed E-state index contributed by atoms with van der Waals surface area (Å²) in [5.41, 5.74) is -0.644. The van der Waals surface area contributed by atoms with E-state index in [1.165, 1.54) is 110 Å². The summed E-state index contributed by atoms with van der Waals surface area (Å²) in [5.74, 6) is -0.872. The Kier molecular flexibility index (Phi) is 15.2. The Labute approximate surface area is 333 Å². The number of ether oxygens (including phenoxy) is 6. The molecule has 308 valence electrons. The van der Waals surface area contributed by atoms with Crippen molar-refractivity contribution in [2.24, 2.45) is 0 Å². The highest BCUT2D eigenvalue weighted by Gasteiger charge is 2.61. The fourth-order valence-electron chi connectivity index (χ4n) is 6.30. The van der Waals surface area contributed by atoms with E-state index in [0.29, 0.717) is 6.42 Å². The normalized spacial score (nSPS) is 18.6. The van der Waals surface area contributed by atoms with Gasteiger partial charge in [0.05, 0.1) is 26.3 Å². The molecule has 1 saturated heterocycles. The zero-order valence-corrected chi connectivity index (χ0v) is 31.8. The van der Waals surface area contributed by atoms with Gasteiger partial charge in [0, 0.05) is 48.5 Å². The Balaban J connectivity index is 1.51. The lowest BCUT2D eigenvalue weighted by atomic mass is 10.0. The number of hydrogen-bond acceptors (Lipinski definition) is 14. The summed E-state index contributed by atoms with van der Waals surface area (Å²) in [5, 5.41) is 45.5. The predicted octanol–water partition coefficient (Wildman–Crippen LogP) is 8.92. The Morgan fingerprint density at radius 2 is 0.931 bits per heavy atom. The fraction of sp³-hybridized carbons (Fsp3) is 0.400. The van der Waals surface area contributed by atoms with Gasteiger partial charge in [-0.15, -0.1) is 0 Å². The molecule has 4 aromatic rings. The van der Waals surface area contributed by atoms with E-state index in [-0.39, 0.29) is 65.6 Å².